The van der Waals surface area contributed by atoms with Crippen LogP contribution in [-0.4, -0.2) is 23.3 Å². The molecule has 5 nitrogen and oxygen atoms in total. The molecule has 1 atom stereocenters. The first kappa shape index (κ1) is 17.3. The van der Waals surface area contributed by atoms with Crippen LogP contribution in [-0.2, 0) is 4.79 Å². The van der Waals surface area contributed by atoms with Gasteiger partial charge in [0.2, 0.25) is 0 Å². The third-order valence-electron chi connectivity index (χ3n) is 2.97. The molecule has 0 fully saturated rings. The first-order valence-corrected chi connectivity index (χ1v) is 7.96. The monoisotopic (exact) mass is 395 g/mol. The normalized spacial score (nSPS) is 12.1. The lowest BCUT2D eigenvalue weighted by atomic mass is 10.2. The molecule has 0 aliphatic heterocycles. The fourth-order valence-corrected chi connectivity index (χ4v) is 2.35. The van der Waals surface area contributed by atoms with Crippen molar-refractivity contribution in [1.82, 2.24) is 5.43 Å². The number of hydrogen-bond acceptors (Lipinski definition) is 4. The predicted molar refractivity (Wildman–Crippen MR) is 96.1 cm³/mol. The number of hydrazone groups is 1. The molecule has 0 aromatic heterocycles. The van der Waals surface area contributed by atoms with Crippen molar-refractivity contribution < 1.29 is 9.90 Å². The van der Waals surface area contributed by atoms with Crippen molar-refractivity contribution in [2.75, 3.05) is 5.32 Å². The zero-order valence-electron chi connectivity index (χ0n) is 12.3. The summed E-state index contributed by atoms with van der Waals surface area (Å²) in [5.74, 6) is -0.230. The molecule has 0 aliphatic carbocycles. The quantitative estimate of drug-likeness (QED) is 0.532. The standard InChI is InChI=1S/C16H15BrClN3O2/c1-10(20-14-4-2-3-13(18)8-14)16(23)21-19-9-11-7-12(17)5-6-15(11)22/h2-10,20,22H,1H3,(H,21,23)/b19-9-/t10-/m1/s1. The highest BCUT2D eigenvalue weighted by atomic mass is 79.9. The Kier molecular flexibility index (Phi) is 6.01. The number of anilines is 1. The van der Waals surface area contributed by atoms with E-state index >= 15 is 0 Å². The molecule has 0 bridgehead atoms. The number of aromatic hydroxyl groups is 1. The summed E-state index contributed by atoms with van der Waals surface area (Å²) in [7, 11) is 0. The minimum atomic E-state index is -0.498. The van der Waals surface area contributed by atoms with E-state index in [1.54, 1.807) is 37.3 Å². The third kappa shape index (κ3) is 5.26. The fraction of sp³-hybridized carbons (Fsp3) is 0.125. The molecule has 23 heavy (non-hydrogen) atoms. The van der Waals surface area contributed by atoms with Gasteiger partial charge in [-0.25, -0.2) is 5.43 Å². The maximum atomic E-state index is 12.0. The molecule has 0 heterocycles. The molecule has 0 saturated carbocycles. The van der Waals surface area contributed by atoms with Crippen molar-refractivity contribution >= 4 is 45.3 Å². The second-order valence-corrected chi connectivity index (χ2v) is 6.17. The van der Waals surface area contributed by atoms with E-state index in [-0.39, 0.29) is 11.7 Å². The number of hydrogen-bond donors (Lipinski definition) is 3. The maximum Gasteiger partial charge on any atom is 0.262 e. The number of phenolic OH excluding ortho intramolecular Hbond substituents is 1. The zero-order chi connectivity index (χ0) is 16.8. The van der Waals surface area contributed by atoms with Gasteiger partial charge in [-0.05, 0) is 43.3 Å². The molecular formula is C16H15BrClN3O2. The van der Waals surface area contributed by atoms with Gasteiger partial charge in [0.15, 0.2) is 0 Å². The van der Waals surface area contributed by atoms with E-state index in [4.69, 9.17) is 11.6 Å². The summed E-state index contributed by atoms with van der Waals surface area (Å²) >= 11 is 9.20. The second-order valence-electron chi connectivity index (χ2n) is 4.81. The molecule has 3 N–H and O–H groups in total. The lowest BCUT2D eigenvalue weighted by Crippen LogP contribution is -2.34. The van der Waals surface area contributed by atoms with E-state index in [0.29, 0.717) is 10.6 Å². The minimum absolute atomic E-state index is 0.0799. The lowest BCUT2D eigenvalue weighted by Gasteiger charge is -2.13. The van der Waals surface area contributed by atoms with Crippen molar-refractivity contribution in [3.05, 3.63) is 57.5 Å². The number of carbonyl (C=O) groups excluding carboxylic acids is 1. The number of benzene rings is 2. The van der Waals surface area contributed by atoms with Gasteiger partial charge in [0, 0.05) is 20.7 Å². The number of halogens is 2. The van der Waals surface area contributed by atoms with Crippen molar-refractivity contribution in [2.24, 2.45) is 5.10 Å². The van der Waals surface area contributed by atoms with Gasteiger partial charge in [0.05, 0.1) is 6.21 Å². The molecular weight excluding hydrogens is 382 g/mol. The Bertz CT molecular complexity index is 737. The van der Waals surface area contributed by atoms with Gasteiger partial charge < -0.3 is 10.4 Å². The smallest absolute Gasteiger partial charge is 0.262 e. The topological polar surface area (TPSA) is 73.7 Å². The van der Waals surface area contributed by atoms with Crippen LogP contribution >= 0.6 is 27.5 Å². The van der Waals surface area contributed by atoms with E-state index in [1.165, 1.54) is 12.3 Å². The van der Waals surface area contributed by atoms with E-state index in [1.807, 2.05) is 6.07 Å². The molecule has 0 radical (unpaired) electrons. The summed E-state index contributed by atoms with van der Waals surface area (Å²) in [6.07, 6.45) is 1.38. The number of nitrogens with one attached hydrogen (secondary N) is 2. The van der Waals surface area contributed by atoms with Crippen molar-refractivity contribution in [1.29, 1.82) is 0 Å². The summed E-state index contributed by atoms with van der Waals surface area (Å²) < 4.78 is 0.805. The Morgan fingerprint density at radius 3 is 2.87 bits per heavy atom. The van der Waals surface area contributed by atoms with E-state index in [2.05, 4.69) is 31.8 Å². The summed E-state index contributed by atoms with van der Waals surface area (Å²) in [5, 5.41) is 17.1. The molecule has 7 heteroatoms. The fourth-order valence-electron chi connectivity index (χ4n) is 1.78. The van der Waals surface area contributed by atoms with Gasteiger partial charge in [-0.3, -0.25) is 4.79 Å². The highest BCUT2D eigenvalue weighted by Gasteiger charge is 2.11. The predicted octanol–water partition coefficient (Wildman–Crippen LogP) is 3.76. The molecule has 2 rings (SSSR count). The Balaban J connectivity index is 1.93. The van der Waals surface area contributed by atoms with E-state index in [9.17, 15) is 9.90 Å². The average molecular weight is 397 g/mol. The first-order valence-electron chi connectivity index (χ1n) is 6.79. The van der Waals surface area contributed by atoms with Crippen LogP contribution in [0.3, 0.4) is 0 Å². The third-order valence-corrected chi connectivity index (χ3v) is 3.70. The van der Waals surface area contributed by atoms with Crippen LogP contribution in [0.5, 0.6) is 5.75 Å². The lowest BCUT2D eigenvalue weighted by molar-refractivity contribution is -0.121. The highest BCUT2D eigenvalue weighted by Crippen LogP contribution is 2.20. The number of nitrogens with zero attached hydrogens (tertiary/aromatic N) is 1. The van der Waals surface area contributed by atoms with Gasteiger partial charge >= 0.3 is 0 Å². The summed E-state index contributed by atoms with van der Waals surface area (Å²) in [5.41, 5.74) is 3.66. The van der Waals surface area contributed by atoms with Gasteiger partial charge in [-0.15, -0.1) is 0 Å². The van der Waals surface area contributed by atoms with Gasteiger partial charge in [0.1, 0.15) is 11.8 Å². The first-order chi connectivity index (χ1) is 11.0. The van der Waals surface area contributed by atoms with Crippen LogP contribution in [0.1, 0.15) is 12.5 Å². The highest BCUT2D eigenvalue weighted by molar-refractivity contribution is 9.10. The summed E-state index contributed by atoms with van der Waals surface area (Å²) in [4.78, 5) is 12.0. The van der Waals surface area contributed by atoms with Gasteiger partial charge in [-0.2, -0.15) is 5.10 Å². The molecule has 2 aromatic carbocycles. The van der Waals surface area contributed by atoms with Crippen LogP contribution in [0.25, 0.3) is 0 Å². The Morgan fingerprint density at radius 1 is 1.35 bits per heavy atom. The molecule has 120 valence electrons. The summed E-state index contributed by atoms with van der Waals surface area (Å²) in [6, 6.07) is 11.5. The van der Waals surface area contributed by atoms with Crippen LogP contribution in [0.4, 0.5) is 5.69 Å². The van der Waals surface area contributed by atoms with Crippen molar-refractivity contribution in [3.8, 4) is 5.75 Å². The Hall–Kier alpha value is -2.05. The second kappa shape index (κ2) is 7.99. The molecule has 0 aliphatic rings. The largest absolute Gasteiger partial charge is 0.507 e. The molecule has 2 aromatic rings. The van der Waals surface area contributed by atoms with Crippen LogP contribution in [0.15, 0.2) is 52.0 Å². The molecule has 0 saturated heterocycles. The number of phenols is 1. The summed E-state index contributed by atoms with van der Waals surface area (Å²) in [6.45, 7) is 1.71. The average Bonchev–Trinajstić information content (AvgIpc) is 2.50. The Labute approximate surface area is 147 Å². The van der Waals surface area contributed by atoms with Crippen LogP contribution < -0.4 is 10.7 Å². The molecule has 1 amide bonds. The number of amides is 1. The molecule has 0 spiro atoms. The van der Waals surface area contributed by atoms with Crippen molar-refractivity contribution in [2.45, 2.75) is 13.0 Å². The van der Waals surface area contributed by atoms with Gasteiger partial charge in [-0.1, -0.05) is 33.6 Å². The van der Waals surface area contributed by atoms with Crippen molar-refractivity contribution in [3.63, 3.8) is 0 Å². The Morgan fingerprint density at radius 2 is 2.13 bits per heavy atom. The number of rotatable bonds is 5. The minimum Gasteiger partial charge on any atom is -0.507 e. The molecule has 0 unspecified atom stereocenters. The van der Waals surface area contributed by atoms with Gasteiger partial charge in [0.25, 0.3) is 5.91 Å². The van der Waals surface area contributed by atoms with E-state index < -0.39 is 6.04 Å². The maximum absolute atomic E-state index is 12.0. The van der Waals surface area contributed by atoms with Crippen LogP contribution in [0, 0.1) is 0 Å². The zero-order valence-corrected chi connectivity index (χ0v) is 14.6. The SMILES string of the molecule is C[C@@H](Nc1cccc(Cl)c1)C(=O)N/N=C\c1cc(Br)ccc1O. The van der Waals surface area contributed by atoms with E-state index in [0.717, 1.165) is 10.2 Å². The van der Waals surface area contributed by atoms with Crippen LogP contribution in [0.2, 0.25) is 5.02 Å². The number of carbonyl (C=O) groups is 1.